The van der Waals surface area contributed by atoms with Gasteiger partial charge in [0.15, 0.2) is 5.43 Å². The number of H-pyrrole nitrogens is 1. The van der Waals surface area contributed by atoms with E-state index >= 15 is 0 Å². The third-order valence-corrected chi connectivity index (χ3v) is 1.00. The van der Waals surface area contributed by atoms with Crippen LogP contribution >= 0.6 is 0 Å². The Morgan fingerprint density at radius 1 is 1.67 bits per heavy atom. The van der Waals surface area contributed by atoms with E-state index in [2.05, 4.69) is 4.98 Å². The van der Waals surface area contributed by atoms with Gasteiger partial charge in [-0.3, -0.25) is 4.79 Å². The molecule has 48 valence electrons. The molecule has 0 saturated heterocycles. The highest BCUT2D eigenvalue weighted by molar-refractivity contribution is 5.02. The summed E-state index contributed by atoms with van der Waals surface area (Å²) in [5, 5.41) is 8.49. The van der Waals surface area contributed by atoms with Gasteiger partial charge in [-0.05, 0) is 0 Å². The summed E-state index contributed by atoms with van der Waals surface area (Å²) < 4.78 is 0. The fourth-order valence-electron chi connectivity index (χ4n) is 0.584. The Morgan fingerprint density at radius 2 is 2.44 bits per heavy atom. The number of hydrogen-bond donors (Lipinski definition) is 2. The van der Waals surface area contributed by atoms with E-state index in [9.17, 15) is 4.79 Å². The topological polar surface area (TPSA) is 53.1 Å². The lowest BCUT2D eigenvalue weighted by Gasteiger charge is -1.90. The van der Waals surface area contributed by atoms with Crippen LogP contribution in [0.3, 0.4) is 0 Å². The maximum atomic E-state index is 10.5. The molecule has 0 fully saturated rings. The van der Waals surface area contributed by atoms with E-state index in [-0.39, 0.29) is 12.0 Å². The molecule has 1 aromatic heterocycles. The fourth-order valence-corrected chi connectivity index (χ4v) is 0.584. The van der Waals surface area contributed by atoms with Crippen LogP contribution in [0.15, 0.2) is 23.1 Å². The highest BCUT2D eigenvalue weighted by Gasteiger charge is 1.86. The number of rotatable bonds is 1. The van der Waals surface area contributed by atoms with E-state index in [1.165, 1.54) is 18.3 Å². The smallest absolute Gasteiger partial charge is 0.181 e. The third-order valence-electron chi connectivity index (χ3n) is 1.00. The van der Waals surface area contributed by atoms with Crippen molar-refractivity contribution in [1.82, 2.24) is 4.98 Å². The summed E-state index contributed by atoms with van der Waals surface area (Å²) in [5.41, 5.74) is 0.459. The summed E-state index contributed by atoms with van der Waals surface area (Å²) in [4.78, 5) is 13.2. The van der Waals surface area contributed by atoms with Gasteiger partial charge in [0.25, 0.3) is 0 Å². The van der Waals surface area contributed by atoms with Gasteiger partial charge in [-0.15, -0.1) is 0 Å². The Labute approximate surface area is 52.0 Å². The van der Waals surface area contributed by atoms with Crippen LogP contribution in [-0.2, 0) is 6.61 Å². The minimum Gasteiger partial charge on any atom is -0.390 e. The molecule has 0 bridgehead atoms. The number of aromatic amines is 1. The highest BCUT2D eigenvalue weighted by atomic mass is 16.3. The van der Waals surface area contributed by atoms with E-state index < -0.39 is 0 Å². The lowest BCUT2D eigenvalue weighted by molar-refractivity contribution is 0.276. The molecule has 3 nitrogen and oxygen atoms in total. The van der Waals surface area contributed by atoms with Crippen LogP contribution in [0.1, 0.15) is 5.69 Å². The third kappa shape index (κ3) is 1.40. The minimum atomic E-state index is -0.115. The first-order chi connectivity index (χ1) is 4.33. The zero-order valence-corrected chi connectivity index (χ0v) is 4.79. The second-order valence-corrected chi connectivity index (χ2v) is 1.71. The molecule has 2 N–H and O–H groups in total. The average Bonchev–Trinajstić information content (AvgIpc) is 1.88. The van der Waals surface area contributed by atoms with E-state index in [1.807, 2.05) is 0 Å². The Morgan fingerprint density at radius 3 is 2.89 bits per heavy atom. The predicted molar refractivity (Wildman–Crippen MR) is 33.0 cm³/mol. The van der Waals surface area contributed by atoms with Gasteiger partial charge in [0.1, 0.15) is 0 Å². The van der Waals surface area contributed by atoms with Crippen LogP contribution in [0.5, 0.6) is 0 Å². The maximum absolute atomic E-state index is 10.5. The fraction of sp³-hybridized carbons (Fsp3) is 0.167. The number of aliphatic hydroxyl groups excluding tert-OH is 1. The largest absolute Gasteiger partial charge is 0.390 e. The highest BCUT2D eigenvalue weighted by Crippen LogP contribution is 1.84. The molecule has 0 aliphatic rings. The Hall–Kier alpha value is -1.09. The first kappa shape index (κ1) is 6.04. The number of nitrogens with one attached hydrogen (secondary N) is 1. The van der Waals surface area contributed by atoms with Gasteiger partial charge in [0.05, 0.1) is 6.61 Å². The first-order valence-corrected chi connectivity index (χ1v) is 2.61. The van der Waals surface area contributed by atoms with Crippen molar-refractivity contribution in [3.63, 3.8) is 0 Å². The van der Waals surface area contributed by atoms with Crippen LogP contribution in [0.25, 0.3) is 0 Å². The number of aromatic nitrogens is 1. The Bertz CT molecular complexity index is 241. The van der Waals surface area contributed by atoms with E-state index in [0.29, 0.717) is 5.69 Å². The summed E-state index contributed by atoms with van der Waals surface area (Å²) in [6.45, 7) is -0.115. The minimum absolute atomic E-state index is 0.0854. The van der Waals surface area contributed by atoms with Crippen molar-refractivity contribution in [2.24, 2.45) is 0 Å². The van der Waals surface area contributed by atoms with Crippen LogP contribution in [0.2, 0.25) is 0 Å². The average molecular weight is 125 g/mol. The standard InChI is InChI=1S/C6H7NO2/c8-4-5-3-6(9)1-2-7-5/h1-3,8H,4H2,(H,7,9). The van der Waals surface area contributed by atoms with Crippen molar-refractivity contribution < 1.29 is 5.11 Å². The normalized spacial score (nSPS) is 9.44. The number of aliphatic hydroxyl groups is 1. The molecule has 0 aliphatic carbocycles. The van der Waals surface area contributed by atoms with E-state index in [0.717, 1.165) is 0 Å². The van der Waals surface area contributed by atoms with Crippen molar-refractivity contribution in [2.75, 3.05) is 0 Å². The van der Waals surface area contributed by atoms with Crippen LogP contribution in [-0.4, -0.2) is 10.1 Å². The molecule has 1 rings (SSSR count). The second-order valence-electron chi connectivity index (χ2n) is 1.71. The van der Waals surface area contributed by atoms with Crippen molar-refractivity contribution in [3.05, 3.63) is 34.2 Å². The zero-order valence-electron chi connectivity index (χ0n) is 4.79. The molecule has 1 heterocycles. The molecule has 0 spiro atoms. The van der Waals surface area contributed by atoms with Gasteiger partial charge in [-0.1, -0.05) is 0 Å². The summed E-state index contributed by atoms with van der Waals surface area (Å²) in [5.74, 6) is 0. The molecule has 0 atom stereocenters. The molecule has 0 radical (unpaired) electrons. The summed E-state index contributed by atoms with van der Waals surface area (Å²) in [6.07, 6.45) is 1.51. The van der Waals surface area contributed by atoms with Crippen LogP contribution in [0, 0.1) is 0 Å². The Balaban J connectivity index is 3.08. The lowest BCUT2D eigenvalue weighted by atomic mass is 10.4. The van der Waals surface area contributed by atoms with Gasteiger partial charge in [-0.2, -0.15) is 0 Å². The van der Waals surface area contributed by atoms with Gasteiger partial charge in [-0.25, -0.2) is 0 Å². The SMILES string of the molecule is O=c1cc[nH]c(CO)c1. The van der Waals surface area contributed by atoms with E-state index in [4.69, 9.17) is 5.11 Å². The quantitative estimate of drug-likeness (QED) is 0.549. The van der Waals surface area contributed by atoms with Crippen LogP contribution in [0.4, 0.5) is 0 Å². The van der Waals surface area contributed by atoms with Crippen molar-refractivity contribution in [1.29, 1.82) is 0 Å². The molecule has 0 aliphatic heterocycles. The van der Waals surface area contributed by atoms with Crippen molar-refractivity contribution in [3.8, 4) is 0 Å². The molecule has 9 heavy (non-hydrogen) atoms. The van der Waals surface area contributed by atoms with Gasteiger partial charge in [0.2, 0.25) is 0 Å². The Kier molecular flexibility index (Phi) is 1.65. The number of pyridine rings is 1. The van der Waals surface area contributed by atoms with Gasteiger partial charge >= 0.3 is 0 Å². The first-order valence-electron chi connectivity index (χ1n) is 2.61. The second kappa shape index (κ2) is 2.46. The monoisotopic (exact) mass is 125 g/mol. The number of hydrogen-bond acceptors (Lipinski definition) is 2. The lowest BCUT2D eigenvalue weighted by Crippen LogP contribution is -2.00. The van der Waals surface area contributed by atoms with Crippen molar-refractivity contribution in [2.45, 2.75) is 6.61 Å². The molecule has 1 aromatic rings. The molecule has 3 heteroatoms. The van der Waals surface area contributed by atoms with E-state index in [1.54, 1.807) is 0 Å². The van der Waals surface area contributed by atoms with Gasteiger partial charge in [0, 0.05) is 24.0 Å². The molecular formula is C6H7NO2. The summed E-state index contributed by atoms with van der Waals surface area (Å²) >= 11 is 0. The zero-order chi connectivity index (χ0) is 6.69. The molecule has 0 saturated carbocycles. The van der Waals surface area contributed by atoms with Crippen molar-refractivity contribution >= 4 is 0 Å². The summed E-state index contributed by atoms with van der Waals surface area (Å²) in [6, 6.07) is 2.76. The molecule has 0 aromatic carbocycles. The summed E-state index contributed by atoms with van der Waals surface area (Å²) in [7, 11) is 0. The molecule has 0 unspecified atom stereocenters. The molecule has 0 amide bonds. The van der Waals surface area contributed by atoms with Crippen LogP contribution < -0.4 is 5.43 Å². The predicted octanol–water partition coefficient (Wildman–Crippen LogP) is -0.133. The maximum Gasteiger partial charge on any atom is 0.181 e. The molecular weight excluding hydrogens is 118 g/mol. The van der Waals surface area contributed by atoms with Gasteiger partial charge < -0.3 is 10.1 Å².